The van der Waals surface area contributed by atoms with Gasteiger partial charge in [0.05, 0.1) is 12.4 Å². The summed E-state index contributed by atoms with van der Waals surface area (Å²) < 4.78 is 0. The van der Waals surface area contributed by atoms with Gasteiger partial charge in [-0.25, -0.2) is 0 Å². The van der Waals surface area contributed by atoms with Crippen LogP contribution in [0.4, 0.5) is 0 Å². The van der Waals surface area contributed by atoms with Crippen LogP contribution in [0.25, 0.3) is 0 Å². The van der Waals surface area contributed by atoms with Crippen LogP contribution in [0.1, 0.15) is 13.8 Å². The fourth-order valence-corrected chi connectivity index (χ4v) is 0.663. The summed E-state index contributed by atoms with van der Waals surface area (Å²) in [6.45, 7) is 4.49. The van der Waals surface area contributed by atoms with Gasteiger partial charge in [-0.3, -0.25) is 5.41 Å². The molecule has 0 aliphatic rings. The van der Waals surface area contributed by atoms with Crippen molar-refractivity contribution in [3.63, 3.8) is 0 Å². The molecule has 0 aliphatic heterocycles. The number of terminal acetylenes is 1. The third-order valence-corrected chi connectivity index (χ3v) is 1.29. The van der Waals surface area contributed by atoms with E-state index in [-0.39, 0.29) is 5.92 Å². The second-order valence-electron chi connectivity index (χ2n) is 2.60. The molecule has 0 aromatic rings. The summed E-state index contributed by atoms with van der Waals surface area (Å²) in [5, 5.41) is 7.48. The van der Waals surface area contributed by atoms with E-state index in [1.54, 1.807) is 4.90 Å². The topological polar surface area (TPSA) is 27.1 Å². The Balaban J connectivity index is 3.85. The van der Waals surface area contributed by atoms with Gasteiger partial charge >= 0.3 is 0 Å². The molecule has 0 spiro atoms. The number of rotatable bonds is 2. The van der Waals surface area contributed by atoms with Gasteiger partial charge in [-0.2, -0.15) is 0 Å². The minimum absolute atomic E-state index is 0.262. The van der Waals surface area contributed by atoms with E-state index in [4.69, 9.17) is 11.8 Å². The highest BCUT2D eigenvalue weighted by atomic mass is 15.1. The zero-order chi connectivity index (χ0) is 8.15. The lowest BCUT2D eigenvalue weighted by atomic mass is 10.2. The number of hydrogen-bond acceptors (Lipinski definition) is 1. The molecule has 0 rings (SSSR count). The van der Waals surface area contributed by atoms with E-state index in [0.717, 1.165) is 0 Å². The molecule has 10 heavy (non-hydrogen) atoms. The fourth-order valence-electron chi connectivity index (χ4n) is 0.663. The average Bonchev–Trinajstić information content (AvgIpc) is 1.87. The lowest BCUT2D eigenvalue weighted by molar-refractivity contribution is 0.530. The van der Waals surface area contributed by atoms with Crippen molar-refractivity contribution in [2.75, 3.05) is 13.6 Å². The van der Waals surface area contributed by atoms with E-state index >= 15 is 0 Å². The first-order valence-electron chi connectivity index (χ1n) is 3.32. The lowest BCUT2D eigenvalue weighted by Gasteiger charge is -2.19. The standard InChI is InChI=1S/C8H14N2/c1-5-6-10(4)8(9)7(2)3/h1,7,9H,6H2,2-4H3. The molecule has 0 radical (unpaired) electrons. The van der Waals surface area contributed by atoms with Gasteiger partial charge in [0.1, 0.15) is 0 Å². The summed E-state index contributed by atoms with van der Waals surface area (Å²) in [5.41, 5.74) is 0. The van der Waals surface area contributed by atoms with Crippen LogP contribution >= 0.6 is 0 Å². The van der Waals surface area contributed by atoms with Gasteiger partial charge in [-0.05, 0) is 0 Å². The quantitative estimate of drug-likeness (QED) is 0.346. The minimum Gasteiger partial charge on any atom is -0.352 e. The maximum absolute atomic E-state index is 7.48. The van der Waals surface area contributed by atoms with Crippen molar-refractivity contribution in [3.8, 4) is 12.3 Å². The monoisotopic (exact) mass is 138 g/mol. The highest BCUT2D eigenvalue weighted by Crippen LogP contribution is 1.97. The Bertz CT molecular complexity index is 153. The Morgan fingerprint density at radius 2 is 2.20 bits per heavy atom. The van der Waals surface area contributed by atoms with Crippen LogP contribution in [-0.2, 0) is 0 Å². The van der Waals surface area contributed by atoms with Crippen molar-refractivity contribution in [3.05, 3.63) is 0 Å². The molecular formula is C8H14N2. The van der Waals surface area contributed by atoms with Crippen LogP contribution in [0.2, 0.25) is 0 Å². The van der Waals surface area contributed by atoms with E-state index in [1.165, 1.54) is 0 Å². The molecule has 0 amide bonds. The maximum atomic E-state index is 7.48. The van der Waals surface area contributed by atoms with Crippen LogP contribution in [0.5, 0.6) is 0 Å². The maximum Gasteiger partial charge on any atom is 0.0989 e. The summed E-state index contributed by atoms with van der Waals surface area (Å²) in [5.74, 6) is 3.35. The molecule has 0 bridgehead atoms. The van der Waals surface area contributed by atoms with Gasteiger partial charge < -0.3 is 4.90 Å². The van der Waals surface area contributed by atoms with Crippen molar-refractivity contribution >= 4 is 5.84 Å². The highest BCUT2D eigenvalue weighted by molar-refractivity contribution is 5.80. The van der Waals surface area contributed by atoms with Gasteiger partial charge in [0.2, 0.25) is 0 Å². The number of nitrogens with zero attached hydrogens (tertiary/aromatic N) is 1. The van der Waals surface area contributed by atoms with Gasteiger partial charge in [-0.15, -0.1) is 6.42 Å². The Hall–Kier alpha value is -0.970. The largest absolute Gasteiger partial charge is 0.352 e. The molecule has 0 aliphatic carbocycles. The minimum atomic E-state index is 0.262. The molecule has 0 saturated carbocycles. The molecule has 0 aromatic heterocycles. The zero-order valence-corrected chi connectivity index (χ0v) is 6.81. The number of amidine groups is 1. The van der Waals surface area contributed by atoms with Crippen LogP contribution in [0.3, 0.4) is 0 Å². The van der Waals surface area contributed by atoms with Crippen molar-refractivity contribution in [2.45, 2.75) is 13.8 Å². The molecule has 0 fully saturated rings. The molecule has 0 aromatic carbocycles. The third kappa shape index (κ3) is 2.54. The summed E-state index contributed by atoms with van der Waals surface area (Å²) in [7, 11) is 1.84. The summed E-state index contributed by atoms with van der Waals surface area (Å²) in [6.07, 6.45) is 5.08. The highest BCUT2D eigenvalue weighted by Gasteiger charge is 2.05. The van der Waals surface area contributed by atoms with Gasteiger partial charge in [0, 0.05) is 13.0 Å². The van der Waals surface area contributed by atoms with E-state index in [1.807, 2.05) is 20.9 Å². The lowest BCUT2D eigenvalue weighted by Crippen LogP contribution is -2.29. The van der Waals surface area contributed by atoms with Crippen LogP contribution in [0, 0.1) is 23.7 Å². The average molecular weight is 138 g/mol. The Kier molecular flexibility index (Phi) is 3.56. The molecule has 1 N–H and O–H groups in total. The molecular weight excluding hydrogens is 124 g/mol. The second kappa shape index (κ2) is 3.94. The normalized spacial score (nSPS) is 9.10. The van der Waals surface area contributed by atoms with Crippen molar-refractivity contribution < 1.29 is 0 Å². The molecule has 0 atom stereocenters. The molecule has 0 saturated heterocycles. The first kappa shape index (κ1) is 9.03. The van der Waals surface area contributed by atoms with Crippen LogP contribution < -0.4 is 0 Å². The summed E-state index contributed by atoms with van der Waals surface area (Å²) >= 11 is 0. The van der Waals surface area contributed by atoms with E-state index in [2.05, 4.69) is 5.92 Å². The fraction of sp³-hybridized carbons (Fsp3) is 0.625. The predicted octanol–water partition coefficient (Wildman–Crippen LogP) is 1.18. The Morgan fingerprint density at radius 1 is 1.70 bits per heavy atom. The SMILES string of the molecule is C#CCN(C)C(=N)C(C)C. The smallest absolute Gasteiger partial charge is 0.0989 e. The molecule has 2 nitrogen and oxygen atoms in total. The van der Waals surface area contributed by atoms with Crippen LogP contribution in [-0.4, -0.2) is 24.3 Å². The van der Waals surface area contributed by atoms with Crippen molar-refractivity contribution in [1.29, 1.82) is 5.41 Å². The van der Waals surface area contributed by atoms with Gasteiger partial charge in [0.15, 0.2) is 0 Å². The predicted molar refractivity (Wildman–Crippen MR) is 44.0 cm³/mol. The summed E-state index contributed by atoms with van der Waals surface area (Å²) in [4.78, 5) is 1.77. The van der Waals surface area contributed by atoms with E-state index in [9.17, 15) is 0 Å². The zero-order valence-electron chi connectivity index (χ0n) is 6.81. The second-order valence-corrected chi connectivity index (χ2v) is 2.60. The molecule has 0 unspecified atom stereocenters. The van der Waals surface area contributed by atoms with E-state index in [0.29, 0.717) is 12.4 Å². The van der Waals surface area contributed by atoms with Crippen molar-refractivity contribution in [2.24, 2.45) is 5.92 Å². The number of nitrogens with one attached hydrogen (secondary N) is 1. The van der Waals surface area contributed by atoms with Gasteiger partial charge in [-0.1, -0.05) is 19.8 Å². The molecule has 2 heteroatoms. The Morgan fingerprint density at radius 3 is 2.50 bits per heavy atom. The van der Waals surface area contributed by atoms with Gasteiger partial charge in [0.25, 0.3) is 0 Å². The molecule has 0 heterocycles. The Labute approximate surface area is 62.7 Å². The first-order chi connectivity index (χ1) is 4.59. The van der Waals surface area contributed by atoms with E-state index < -0.39 is 0 Å². The van der Waals surface area contributed by atoms with Crippen LogP contribution in [0.15, 0.2) is 0 Å². The summed E-state index contributed by atoms with van der Waals surface area (Å²) in [6, 6.07) is 0. The number of hydrogen-bond donors (Lipinski definition) is 1. The first-order valence-corrected chi connectivity index (χ1v) is 3.32. The van der Waals surface area contributed by atoms with Crippen molar-refractivity contribution in [1.82, 2.24) is 4.90 Å². The third-order valence-electron chi connectivity index (χ3n) is 1.29. The molecule has 56 valence electrons.